The fourth-order valence-electron chi connectivity index (χ4n) is 2.02. The van der Waals surface area contributed by atoms with E-state index in [0.717, 1.165) is 6.42 Å². The number of carbonyl (C=O) groups excluding carboxylic acids is 1. The average Bonchev–Trinajstić information content (AvgIpc) is 2.95. The van der Waals surface area contributed by atoms with E-state index in [4.69, 9.17) is 5.73 Å². The van der Waals surface area contributed by atoms with Gasteiger partial charge in [-0.1, -0.05) is 0 Å². The van der Waals surface area contributed by atoms with E-state index in [0.29, 0.717) is 17.9 Å². The van der Waals surface area contributed by atoms with Crippen LogP contribution in [0.3, 0.4) is 0 Å². The van der Waals surface area contributed by atoms with Gasteiger partial charge in [0, 0.05) is 35.0 Å². The van der Waals surface area contributed by atoms with Crippen molar-refractivity contribution in [3.05, 3.63) is 33.8 Å². The summed E-state index contributed by atoms with van der Waals surface area (Å²) in [4.78, 5) is 14.7. The second-order valence-electron chi connectivity index (χ2n) is 4.88. The summed E-state index contributed by atoms with van der Waals surface area (Å²) < 4.78 is 1.66. The van der Waals surface area contributed by atoms with Crippen molar-refractivity contribution < 1.29 is 4.79 Å². The molecule has 3 N–H and O–H groups in total. The summed E-state index contributed by atoms with van der Waals surface area (Å²) in [6, 6.07) is 4.24. The summed E-state index contributed by atoms with van der Waals surface area (Å²) in [5.41, 5.74) is 6.53. The van der Waals surface area contributed by atoms with Gasteiger partial charge in [0.15, 0.2) is 5.69 Å². The van der Waals surface area contributed by atoms with Gasteiger partial charge in [0.25, 0.3) is 5.91 Å². The van der Waals surface area contributed by atoms with E-state index < -0.39 is 0 Å². The number of amides is 1. The molecule has 0 saturated heterocycles. The lowest BCUT2D eigenvalue weighted by molar-refractivity contribution is 0.0935. The number of nitrogens with two attached hydrogens (primary N) is 1. The first-order chi connectivity index (χ1) is 9.49. The zero-order valence-corrected chi connectivity index (χ0v) is 12.8. The molecule has 0 saturated carbocycles. The van der Waals surface area contributed by atoms with Gasteiger partial charge in [0.2, 0.25) is 0 Å². The molecule has 0 bridgehead atoms. The van der Waals surface area contributed by atoms with Crippen LogP contribution in [0.2, 0.25) is 0 Å². The number of rotatable bonds is 5. The Balaban J connectivity index is 1.98. The molecule has 0 fully saturated rings. The van der Waals surface area contributed by atoms with Gasteiger partial charge in [-0.2, -0.15) is 5.10 Å². The number of aryl methyl sites for hydroxylation is 2. The minimum absolute atomic E-state index is 0.0479. The number of nitrogen functional groups attached to an aromatic ring is 1. The van der Waals surface area contributed by atoms with Crippen LogP contribution < -0.4 is 11.1 Å². The minimum atomic E-state index is -0.213. The molecule has 1 atom stereocenters. The minimum Gasteiger partial charge on any atom is -0.396 e. The summed E-state index contributed by atoms with van der Waals surface area (Å²) in [6.45, 7) is 6.72. The molecule has 0 aliphatic rings. The average molecular weight is 292 g/mol. The molecule has 0 radical (unpaired) electrons. The van der Waals surface area contributed by atoms with Gasteiger partial charge in [0.1, 0.15) is 0 Å². The Morgan fingerprint density at radius 2 is 2.30 bits per heavy atom. The highest BCUT2D eigenvalue weighted by atomic mass is 32.1. The summed E-state index contributed by atoms with van der Waals surface area (Å²) >= 11 is 1.75. The lowest BCUT2D eigenvalue weighted by atomic mass is 10.2. The van der Waals surface area contributed by atoms with Gasteiger partial charge >= 0.3 is 0 Å². The fraction of sp³-hybridized carbons (Fsp3) is 0.429. The SMILES string of the molecule is CCn1cc(N)c(C(=O)NC(C)Cc2ccc(C)s2)n1. The van der Waals surface area contributed by atoms with E-state index in [1.807, 2.05) is 13.8 Å². The van der Waals surface area contributed by atoms with Crippen LogP contribution in [0.1, 0.15) is 34.1 Å². The van der Waals surface area contributed by atoms with Crippen LogP contribution in [-0.4, -0.2) is 21.7 Å². The summed E-state index contributed by atoms with van der Waals surface area (Å²) in [6.07, 6.45) is 2.50. The molecule has 2 aromatic heterocycles. The topological polar surface area (TPSA) is 72.9 Å². The number of carbonyl (C=O) groups is 1. The quantitative estimate of drug-likeness (QED) is 0.887. The number of aromatic nitrogens is 2. The lowest BCUT2D eigenvalue weighted by Crippen LogP contribution is -2.34. The van der Waals surface area contributed by atoms with Crippen molar-refractivity contribution >= 4 is 22.9 Å². The van der Waals surface area contributed by atoms with Gasteiger partial charge in [-0.3, -0.25) is 9.48 Å². The third kappa shape index (κ3) is 3.39. The first-order valence-electron chi connectivity index (χ1n) is 6.68. The highest BCUT2D eigenvalue weighted by Crippen LogP contribution is 2.17. The molecule has 6 heteroatoms. The van der Waals surface area contributed by atoms with Gasteiger partial charge < -0.3 is 11.1 Å². The maximum Gasteiger partial charge on any atom is 0.274 e. The zero-order chi connectivity index (χ0) is 14.7. The monoisotopic (exact) mass is 292 g/mol. The molecule has 2 heterocycles. The van der Waals surface area contributed by atoms with E-state index in [1.165, 1.54) is 9.75 Å². The van der Waals surface area contributed by atoms with E-state index in [2.05, 4.69) is 29.5 Å². The normalized spacial score (nSPS) is 12.3. The van der Waals surface area contributed by atoms with Gasteiger partial charge in [-0.15, -0.1) is 11.3 Å². The van der Waals surface area contributed by atoms with E-state index in [9.17, 15) is 4.79 Å². The molecule has 0 aromatic carbocycles. The zero-order valence-electron chi connectivity index (χ0n) is 12.0. The molecule has 2 aromatic rings. The maximum absolute atomic E-state index is 12.1. The fourth-order valence-corrected chi connectivity index (χ4v) is 3.03. The molecular formula is C14H20N4OS. The first kappa shape index (κ1) is 14.6. The van der Waals surface area contributed by atoms with Crippen molar-refractivity contribution in [1.82, 2.24) is 15.1 Å². The third-order valence-electron chi connectivity index (χ3n) is 3.01. The first-order valence-corrected chi connectivity index (χ1v) is 7.50. The molecule has 0 spiro atoms. The molecule has 20 heavy (non-hydrogen) atoms. The molecule has 108 valence electrons. The standard InChI is InChI=1S/C14H20N4OS/c1-4-18-8-12(15)13(17-18)14(19)16-9(2)7-11-6-5-10(3)20-11/h5-6,8-9H,4,7,15H2,1-3H3,(H,16,19). The molecule has 0 aliphatic carbocycles. The molecular weight excluding hydrogens is 272 g/mol. The predicted molar refractivity (Wildman–Crippen MR) is 82.0 cm³/mol. The number of nitrogens with one attached hydrogen (secondary N) is 1. The molecule has 0 aliphatic heterocycles. The van der Waals surface area contributed by atoms with Crippen LogP contribution >= 0.6 is 11.3 Å². The smallest absolute Gasteiger partial charge is 0.274 e. The number of hydrogen-bond donors (Lipinski definition) is 2. The van der Waals surface area contributed by atoms with Gasteiger partial charge in [-0.25, -0.2) is 0 Å². The van der Waals surface area contributed by atoms with Crippen molar-refractivity contribution in [2.75, 3.05) is 5.73 Å². The third-order valence-corrected chi connectivity index (χ3v) is 4.03. The van der Waals surface area contributed by atoms with Crippen LogP contribution in [0.15, 0.2) is 18.3 Å². The van der Waals surface area contributed by atoms with Crippen LogP contribution in [0.5, 0.6) is 0 Å². The largest absolute Gasteiger partial charge is 0.396 e. The highest BCUT2D eigenvalue weighted by molar-refractivity contribution is 7.11. The van der Waals surface area contributed by atoms with Crippen LogP contribution in [0, 0.1) is 6.92 Å². The number of anilines is 1. The van der Waals surface area contributed by atoms with Gasteiger partial charge in [0.05, 0.1) is 5.69 Å². The highest BCUT2D eigenvalue weighted by Gasteiger charge is 2.17. The maximum atomic E-state index is 12.1. The second-order valence-corrected chi connectivity index (χ2v) is 6.25. The molecule has 5 nitrogen and oxygen atoms in total. The Bertz CT molecular complexity index is 602. The Kier molecular flexibility index (Phi) is 4.44. The molecule has 1 amide bonds. The lowest BCUT2D eigenvalue weighted by Gasteiger charge is -2.12. The Morgan fingerprint density at radius 1 is 1.55 bits per heavy atom. The molecule has 2 rings (SSSR count). The Hall–Kier alpha value is -1.82. The van der Waals surface area contributed by atoms with E-state index in [1.54, 1.807) is 22.2 Å². The van der Waals surface area contributed by atoms with Crippen molar-refractivity contribution in [1.29, 1.82) is 0 Å². The van der Waals surface area contributed by atoms with Crippen molar-refractivity contribution in [3.63, 3.8) is 0 Å². The summed E-state index contributed by atoms with van der Waals surface area (Å²) in [5.74, 6) is -0.213. The van der Waals surface area contributed by atoms with Crippen LogP contribution in [0.4, 0.5) is 5.69 Å². The van der Waals surface area contributed by atoms with Crippen molar-refractivity contribution in [2.45, 2.75) is 39.8 Å². The van der Waals surface area contributed by atoms with Crippen LogP contribution in [-0.2, 0) is 13.0 Å². The Labute approximate surface area is 122 Å². The second kappa shape index (κ2) is 6.09. The Morgan fingerprint density at radius 3 is 2.85 bits per heavy atom. The number of nitrogens with zero attached hydrogens (tertiary/aromatic N) is 2. The number of hydrogen-bond acceptors (Lipinski definition) is 4. The van der Waals surface area contributed by atoms with Crippen molar-refractivity contribution in [2.24, 2.45) is 0 Å². The predicted octanol–water partition coefficient (Wildman–Crippen LogP) is 2.22. The summed E-state index contributed by atoms with van der Waals surface area (Å²) in [7, 11) is 0. The van der Waals surface area contributed by atoms with E-state index >= 15 is 0 Å². The number of thiophene rings is 1. The van der Waals surface area contributed by atoms with Gasteiger partial charge in [-0.05, 0) is 32.9 Å². The van der Waals surface area contributed by atoms with E-state index in [-0.39, 0.29) is 11.9 Å². The van der Waals surface area contributed by atoms with Crippen LogP contribution in [0.25, 0.3) is 0 Å². The molecule has 1 unspecified atom stereocenters. The summed E-state index contributed by atoms with van der Waals surface area (Å²) in [5, 5.41) is 7.12. The van der Waals surface area contributed by atoms with Crippen molar-refractivity contribution in [3.8, 4) is 0 Å².